The number of carboxylic acid groups (broad SMARTS) is 1. The highest BCUT2D eigenvalue weighted by atomic mass is 32.2. The fourth-order valence-corrected chi connectivity index (χ4v) is 12.4. The Hall–Kier alpha value is -9.57. The second-order valence-corrected chi connectivity index (χ2v) is 26.6. The number of aromatic carboxylic acids is 1. The number of non-ortho nitro benzene ring substituents is 1. The van der Waals surface area contributed by atoms with Crippen LogP contribution >= 0.6 is 12.0 Å². The van der Waals surface area contributed by atoms with Crippen molar-refractivity contribution < 1.29 is 123 Å². The second-order valence-electron chi connectivity index (χ2n) is 17.5. The Morgan fingerprint density at radius 3 is 1.67 bits per heavy atom. The smallest absolute Gasteiger partial charge is 0.358 e. The summed E-state index contributed by atoms with van der Waals surface area (Å²) in [6.45, 7) is 1.16. The molecule has 0 radical (unpaired) electrons. The average Bonchev–Trinajstić information content (AvgIpc) is 0.934. The topological polar surface area (TPSA) is 649 Å². The molecule has 0 spiro atoms. The van der Waals surface area contributed by atoms with Gasteiger partial charge in [-0.3, -0.25) is 37.4 Å². The van der Waals surface area contributed by atoms with Gasteiger partial charge in [0.2, 0.25) is 11.6 Å². The molecule has 13 N–H and O–H groups in total. The second kappa shape index (κ2) is 24.1. The summed E-state index contributed by atoms with van der Waals surface area (Å²) in [5, 5.41) is 97.2. The van der Waals surface area contributed by atoms with E-state index >= 15 is 0 Å². The number of carbonyl (C=O) groups is 1. The number of fused-ring (bicyclic) bond motifs is 2. The Labute approximate surface area is 504 Å². The zero-order valence-electron chi connectivity index (χ0n) is 43.3. The highest BCUT2D eigenvalue weighted by Crippen LogP contribution is 2.51. The van der Waals surface area contributed by atoms with E-state index in [4.69, 9.17) is 11.0 Å². The first-order chi connectivity index (χ1) is 41.6. The largest absolute Gasteiger partial charge is 0.505 e. The van der Waals surface area contributed by atoms with Crippen LogP contribution in [-0.2, 0) is 70.1 Å². The van der Waals surface area contributed by atoms with Crippen LogP contribution in [0.15, 0.2) is 160 Å². The van der Waals surface area contributed by atoms with Crippen molar-refractivity contribution >= 4 is 157 Å². The summed E-state index contributed by atoms with van der Waals surface area (Å²) in [5.41, 5.74) is -4.05. The molecule has 90 heavy (non-hydrogen) atoms. The van der Waals surface area contributed by atoms with Gasteiger partial charge in [-0.1, -0.05) is 5.04 Å². The number of hydrogen-bond donors (Lipinski definition) is 12. The number of nitro groups is 1. The van der Waals surface area contributed by atoms with Gasteiger partial charge < -0.3 is 26.2 Å². The lowest BCUT2D eigenvalue weighted by Gasteiger charge is -2.15. The zero-order valence-corrected chi connectivity index (χ0v) is 49.0. The van der Waals surface area contributed by atoms with Crippen molar-refractivity contribution in [1.29, 1.82) is 0 Å². The highest BCUT2D eigenvalue weighted by Gasteiger charge is 2.31. The molecular weight excluding hydrogens is 1360 g/mol. The van der Waals surface area contributed by atoms with Crippen LogP contribution in [0.2, 0.25) is 0 Å². The standard InChI is InChI=1S/C43H30N12O28S7/c1-16-10-26(48-52-37-38(43(59)60)53-54(42(37)58)17-2-5-19(6-3-17)85(64,65)66)31(88(73,74)75)14-25(16)47-51-36-32(89(76,77)78)13-21-20(39(36)56)7-9-24(41(21)90(79,80)81)46-49-27-15-29(86(67,68)69)22-12-28(84-83-82-63)35(40(57)33(22)34(27)44)50-45-23-8-4-18(55(61)62)11-30(23)87(70,71)72/h2-15,56-58,63H,44H2,1H3,(H,59,60)(H,64,65,66)(H,67,68,69)(H,70,71,72)(H,73,74,75)(H,76,77,78)(H,79,80,81). The third-order valence-corrected chi connectivity index (χ3v) is 17.9. The molecule has 7 aromatic carbocycles. The lowest BCUT2D eigenvalue weighted by atomic mass is 10.0. The summed E-state index contributed by atoms with van der Waals surface area (Å²) in [7, 11) is -32.4. The Morgan fingerprint density at radius 2 is 1.10 bits per heavy atom. The van der Waals surface area contributed by atoms with Crippen LogP contribution in [0.4, 0.5) is 56.9 Å². The molecule has 0 fully saturated rings. The maximum absolute atomic E-state index is 13.2. The van der Waals surface area contributed by atoms with Crippen LogP contribution in [-0.4, -0.2) is 124 Å². The molecule has 472 valence electrons. The van der Waals surface area contributed by atoms with Crippen LogP contribution in [0, 0.1) is 17.0 Å². The number of nitro benzene ring substituents is 1. The Balaban J connectivity index is 1.23. The molecule has 0 saturated heterocycles. The Morgan fingerprint density at radius 1 is 0.567 bits per heavy atom. The first-order valence-electron chi connectivity index (χ1n) is 22.8. The number of rotatable bonds is 20. The first kappa shape index (κ1) is 66.4. The zero-order chi connectivity index (χ0) is 66.7. The van der Waals surface area contributed by atoms with Crippen molar-refractivity contribution in [2.24, 2.45) is 40.9 Å². The monoisotopic (exact) mass is 1390 g/mol. The van der Waals surface area contributed by atoms with Crippen LogP contribution < -0.4 is 5.73 Å². The first-order valence-corrected chi connectivity index (χ1v) is 32.2. The Bertz CT molecular complexity index is 5300. The summed E-state index contributed by atoms with van der Waals surface area (Å²) < 4.78 is 216. The van der Waals surface area contributed by atoms with Crippen molar-refractivity contribution in [2.45, 2.75) is 41.2 Å². The number of azo groups is 4. The fourth-order valence-electron chi connectivity index (χ4n) is 8.00. The average molecular weight is 1390 g/mol. The molecule has 1 heterocycles. The van der Waals surface area contributed by atoms with Crippen molar-refractivity contribution in [1.82, 2.24) is 9.78 Å². The summed E-state index contributed by atoms with van der Waals surface area (Å²) in [6, 6.07) is 9.76. The van der Waals surface area contributed by atoms with Gasteiger partial charge >= 0.3 is 5.97 Å². The normalized spacial score (nSPS) is 13.1. The molecule has 47 heteroatoms. The van der Waals surface area contributed by atoms with Gasteiger partial charge in [-0.25, -0.2) is 10.1 Å². The van der Waals surface area contributed by atoms with Gasteiger partial charge in [0.25, 0.3) is 66.4 Å². The SMILES string of the molecule is Cc1cc(N=Nc2c(C(=O)O)nn(-c3ccc(S(=O)(=O)O)cc3)c2O)c(S(=O)(=O)O)cc1N=Nc1c(S(=O)(=O)O)cc2c(S(=O)(=O)O)c(N=Nc3cc(S(=O)(=O)O)c4cc(SOOO)c(N=Nc5ccc([N+](=O)[O-])cc5S(=O)(=O)O)c(O)c4c3N)ccc2c1O. The minimum absolute atomic E-state index is 0.0540. The third-order valence-electron chi connectivity index (χ3n) is 11.9. The fraction of sp³-hybridized carbons (Fsp3) is 0.0233. The van der Waals surface area contributed by atoms with Gasteiger partial charge in [-0.2, -0.15) is 65.4 Å². The maximum atomic E-state index is 13.2. The molecule has 0 aliphatic rings. The van der Waals surface area contributed by atoms with Gasteiger partial charge in [-0.05, 0) is 85.3 Å². The lowest BCUT2D eigenvalue weighted by Crippen LogP contribution is -2.03. The number of hydrogen-bond acceptors (Lipinski definition) is 32. The van der Waals surface area contributed by atoms with Crippen LogP contribution in [0.1, 0.15) is 16.1 Å². The number of nitrogens with zero attached hydrogens (tertiary/aromatic N) is 11. The van der Waals surface area contributed by atoms with Crippen molar-refractivity contribution in [3.05, 3.63) is 106 Å². The number of anilines is 1. The number of benzene rings is 7. The number of phenols is 2. The number of nitrogens with two attached hydrogens (primary N) is 1. The van der Waals surface area contributed by atoms with Crippen molar-refractivity contribution in [2.75, 3.05) is 5.73 Å². The summed E-state index contributed by atoms with van der Waals surface area (Å²) in [4.78, 5) is 14.7. The van der Waals surface area contributed by atoms with Crippen LogP contribution in [0.5, 0.6) is 17.4 Å². The molecule has 40 nitrogen and oxygen atoms in total. The number of nitrogen functional groups attached to an aromatic ring is 1. The van der Waals surface area contributed by atoms with E-state index in [1.165, 1.54) is 0 Å². The van der Waals surface area contributed by atoms with E-state index in [-0.39, 0.29) is 23.3 Å². The minimum Gasteiger partial charge on any atom is -0.505 e. The molecular formula is C43H30N12O28S7. The number of aromatic nitrogens is 2. The van der Waals surface area contributed by atoms with Crippen molar-refractivity contribution in [3.63, 3.8) is 0 Å². The maximum Gasteiger partial charge on any atom is 0.358 e. The van der Waals surface area contributed by atoms with E-state index < -0.39 is 207 Å². The molecule has 0 bridgehead atoms. The number of aryl methyl sites for hydroxylation is 1. The van der Waals surface area contributed by atoms with E-state index in [1.807, 2.05) is 0 Å². The number of aromatic hydroxyl groups is 3. The summed E-state index contributed by atoms with van der Waals surface area (Å²) in [6.07, 6.45) is 0. The number of carboxylic acids is 1. The predicted molar refractivity (Wildman–Crippen MR) is 298 cm³/mol. The summed E-state index contributed by atoms with van der Waals surface area (Å²) >= 11 is -0.0540. The van der Waals surface area contributed by atoms with E-state index in [1.54, 1.807) is 0 Å². The molecule has 8 aromatic rings. The molecule has 8 rings (SSSR count). The lowest BCUT2D eigenvalue weighted by molar-refractivity contribution is -0.432. The molecule has 0 aliphatic carbocycles. The molecule has 0 saturated carbocycles. The van der Waals surface area contributed by atoms with Gasteiger partial charge in [0.15, 0.2) is 17.2 Å². The highest BCUT2D eigenvalue weighted by molar-refractivity contribution is 7.94. The predicted octanol–water partition coefficient (Wildman–Crippen LogP) is 8.36. The molecule has 0 atom stereocenters. The number of phenolic OH excluding ortho intramolecular Hbond substituents is 2. The molecule has 1 aromatic heterocycles. The molecule has 0 unspecified atom stereocenters. The molecule has 0 amide bonds. The van der Waals surface area contributed by atoms with E-state index in [9.17, 15) is 113 Å². The van der Waals surface area contributed by atoms with Gasteiger partial charge in [0, 0.05) is 28.3 Å². The van der Waals surface area contributed by atoms with Gasteiger partial charge in [0.05, 0.1) is 49.2 Å². The van der Waals surface area contributed by atoms with E-state index in [0.29, 0.717) is 41.1 Å². The third kappa shape index (κ3) is 13.5. The van der Waals surface area contributed by atoms with E-state index in [0.717, 1.165) is 55.5 Å². The quantitative estimate of drug-likeness (QED) is 0.00648. The van der Waals surface area contributed by atoms with Crippen molar-refractivity contribution in [3.8, 4) is 23.1 Å². The minimum atomic E-state index is -5.76. The van der Waals surface area contributed by atoms with E-state index in [2.05, 4.69) is 55.4 Å². The van der Waals surface area contributed by atoms with Gasteiger partial charge in [0.1, 0.15) is 58.6 Å². The summed E-state index contributed by atoms with van der Waals surface area (Å²) in [5.74, 6) is -5.53. The van der Waals surface area contributed by atoms with Gasteiger partial charge in [-0.15, -0.1) is 40.1 Å². The van der Waals surface area contributed by atoms with Crippen LogP contribution in [0.3, 0.4) is 0 Å². The van der Waals surface area contributed by atoms with Crippen LogP contribution in [0.25, 0.3) is 27.2 Å². The Kier molecular flexibility index (Phi) is 17.8. The molecule has 0 aliphatic heterocycles.